The number of benzene rings is 1. The van der Waals surface area contributed by atoms with Crippen molar-refractivity contribution < 1.29 is 24.6 Å². The lowest BCUT2D eigenvalue weighted by Crippen LogP contribution is -2.53. The monoisotopic (exact) mass is 500 g/mol. The van der Waals surface area contributed by atoms with Crippen LogP contribution in [-0.4, -0.2) is 47.9 Å². The van der Waals surface area contributed by atoms with Gasteiger partial charge in [-0.2, -0.15) is 0 Å². The van der Waals surface area contributed by atoms with Gasteiger partial charge in [0.15, 0.2) is 0 Å². The quantitative estimate of drug-likeness (QED) is 0.314. The molecule has 200 valence electrons. The molecule has 4 N–H and O–H groups in total. The molecule has 0 amide bonds. The van der Waals surface area contributed by atoms with Crippen molar-refractivity contribution in [3.63, 3.8) is 0 Å². The fourth-order valence-corrected chi connectivity index (χ4v) is 6.59. The molecule has 1 heterocycles. The van der Waals surface area contributed by atoms with Gasteiger partial charge in [0.25, 0.3) is 0 Å². The molecule has 1 saturated carbocycles. The first-order chi connectivity index (χ1) is 17.0. The predicted octanol–water partition coefficient (Wildman–Crippen LogP) is 4.81. The predicted molar refractivity (Wildman–Crippen MR) is 141 cm³/mol. The molecule has 1 aromatic rings. The van der Waals surface area contributed by atoms with Crippen molar-refractivity contribution in [1.82, 2.24) is 10.8 Å². The third-order valence-corrected chi connectivity index (χ3v) is 8.55. The van der Waals surface area contributed by atoms with Crippen LogP contribution in [0.1, 0.15) is 88.8 Å². The number of aliphatic carboxylic acids is 2. The number of hydrogen-bond donors (Lipinski definition) is 4. The maximum Gasteiger partial charge on any atom is 0.328 e. The summed E-state index contributed by atoms with van der Waals surface area (Å²) < 4.78 is 0. The Morgan fingerprint density at radius 3 is 2.39 bits per heavy atom. The molecule has 7 nitrogen and oxygen atoms in total. The van der Waals surface area contributed by atoms with E-state index >= 15 is 0 Å². The zero-order chi connectivity index (χ0) is 26.3. The van der Waals surface area contributed by atoms with Gasteiger partial charge in [0.1, 0.15) is 0 Å². The number of carboxylic acid groups (broad SMARTS) is 2. The molecular formula is C29H44N2O5. The van der Waals surface area contributed by atoms with Crippen LogP contribution in [0.2, 0.25) is 0 Å². The number of fused-ring (bicyclic) bond motifs is 3. The molecule has 3 atom stereocenters. The van der Waals surface area contributed by atoms with Gasteiger partial charge in [0, 0.05) is 18.7 Å². The lowest BCUT2D eigenvalue weighted by molar-refractivity contribution is -0.134. The van der Waals surface area contributed by atoms with Crippen molar-refractivity contribution in [3.05, 3.63) is 47.0 Å². The lowest BCUT2D eigenvalue weighted by Gasteiger charge is -2.55. The summed E-state index contributed by atoms with van der Waals surface area (Å²) >= 11 is 0. The maximum atomic E-state index is 9.55. The molecule has 36 heavy (non-hydrogen) atoms. The van der Waals surface area contributed by atoms with E-state index in [0.717, 1.165) is 38.4 Å². The summed E-state index contributed by atoms with van der Waals surface area (Å²) in [5.74, 6) is -1.17. The van der Waals surface area contributed by atoms with Crippen LogP contribution < -0.4 is 10.8 Å². The van der Waals surface area contributed by atoms with Crippen LogP contribution in [0.25, 0.3) is 0 Å². The third kappa shape index (κ3) is 6.96. The minimum atomic E-state index is -1.26. The molecule has 2 aliphatic carbocycles. The summed E-state index contributed by atoms with van der Waals surface area (Å²) in [6.07, 6.45) is 10.3. The van der Waals surface area contributed by atoms with E-state index in [4.69, 9.17) is 15.1 Å². The smallest absolute Gasteiger partial charge is 0.328 e. The Bertz CT molecular complexity index is 924. The minimum Gasteiger partial charge on any atom is -0.478 e. The number of hydrogen-bond acceptors (Lipinski definition) is 5. The molecule has 1 unspecified atom stereocenters. The number of rotatable bonds is 7. The molecule has 0 aromatic heterocycles. The summed E-state index contributed by atoms with van der Waals surface area (Å²) in [6, 6.07) is 7.37. The van der Waals surface area contributed by atoms with Gasteiger partial charge in [-0.15, -0.1) is 0 Å². The SMILES string of the molecule is CC(C)c1ccc2c(c1)CCC1[C@@](C)(CNOC3CCNCC3)CCC[C@]21C.O=C(O)/C=C/C(=O)O. The van der Waals surface area contributed by atoms with E-state index in [1.54, 1.807) is 11.1 Å². The van der Waals surface area contributed by atoms with E-state index in [1.165, 1.54) is 37.7 Å². The Balaban J connectivity index is 0.000000392. The second-order valence-corrected chi connectivity index (χ2v) is 11.5. The van der Waals surface area contributed by atoms with E-state index < -0.39 is 11.9 Å². The fraction of sp³-hybridized carbons (Fsp3) is 0.655. The molecule has 3 aliphatic rings. The Morgan fingerprint density at radius 1 is 1.11 bits per heavy atom. The molecule has 1 saturated heterocycles. The van der Waals surface area contributed by atoms with Crippen molar-refractivity contribution in [2.24, 2.45) is 11.3 Å². The topological polar surface area (TPSA) is 108 Å². The molecule has 1 aliphatic heterocycles. The summed E-state index contributed by atoms with van der Waals surface area (Å²) in [7, 11) is 0. The Kier molecular flexibility index (Phi) is 9.72. The zero-order valence-corrected chi connectivity index (χ0v) is 22.3. The van der Waals surface area contributed by atoms with Crippen LogP contribution >= 0.6 is 0 Å². The van der Waals surface area contributed by atoms with Crippen molar-refractivity contribution in [3.8, 4) is 0 Å². The average Bonchev–Trinajstić information content (AvgIpc) is 2.83. The molecule has 7 heteroatoms. The molecule has 1 aromatic carbocycles. The number of hydroxylamine groups is 1. The standard InChI is InChI=1S/C25H40N2O.C4H4O4/c1-18(2)19-6-8-22-20(16-19)7-9-23-24(3,12-5-13-25(22,23)4)17-27-28-21-10-14-26-15-11-21;5-3(6)1-2-4(7)8/h6,8,16,18,21,23,26-27H,5,7,9-15,17H2,1-4H3;1-2H,(H,5,6)(H,7,8)/b;2-1+/t23?,24-,25-;/m1./s1. The van der Waals surface area contributed by atoms with Crippen LogP contribution in [0.15, 0.2) is 30.4 Å². The summed E-state index contributed by atoms with van der Waals surface area (Å²) in [6.45, 7) is 12.8. The normalized spacial score (nSPS) is 28.2. The van der Waals surface area contributed by atoms with Gasteiger partial charge in [-0.3, -0.25) is 4.84 Å². The molecular weight excluding hydrogens is 456 g/mol. The first-order valence-electron chi connectivity index (χ1n) is 13.4. The fourth-order valence-electron chi connectivity index (χ4n) is 6.59. The Morgan fingerprint density at radius 2 is 1.78 bits per heavy atom. The van der Waals surface area contributed by atoms with Gasteiger partial charge in [-0.25, -0.2) is 15.1 Å². The van der Waals surface area contributed by atoms with Gasteiger partial charge < -0.3 is 15.5 Å². The summed E-state index contributed by atoms with van der Waals surface area (Å²) in [5.41, 5.74) is 8.81. The highest BCUT2D eigenvalue weighted by atomic mass is 16.7. The van der Waals surface area contributed by atoms with E-state index in [-0.39, 0.29) is 0 Å². The van der Waals surface area contributed by atoms with Gasteiger partial charge in [0.05, 0.1) is 6.10 Å². The Labute approximate surface area is 215 Å². The first kappa shape index (κ1) is 28.4. The van der Waals surface area contributed by atoms with E-state index in [0.29, 0.717) is 35.0 Å². The number of aryl methyl sites for hydroxylation is 1. The molecule has 4 rings (SSSR count). The second-order valence-electron chi connectivity index (χ2n) is 11.5. The average molecular weight is 501 g/mol. The summed E-state index contributed by atoms with van der Waals surface area (Å²) in [4.78, 5) is 25.2. The largest absolute Gasteiger partial charge is 0.478 e. The highest BCUT2D eigenvalue weighted by Crippen LogP contribution is 2.57. The summed E-state index contributed by atoms with van der Waals surface area (Å²) in [5, 5.41) is 19.0. The van der Waals surface area contributed by atoms with Crippen molar-refractivity contribution >= 4 is 11.9 Å². The zero-order valence-electron chi connectivity index (χ0n) is 22.3. The molecule has 2 fully saturated rings. The molecule has 0 radical (unpaired) electrons. The highest BCUT2D eigenvalue weighted by molar-refractivity contribution is 5.89. The highest BCUT2D eigenvalue weighted by Gasteiger charge is 2.51. The van der Waals surface area contributed by atoms with E-state index in [1.807, 2.05) is 0 Å². The number of carboxylic acids is 2. The minimum absolute atomic E-state index is 0.312. The van der Waals surface area contributed by atoms with Crippen molar-refractivity contribution in [1.29, 1.82) is 0 Å². The van der Waals surface area contributed by atoms with Crippen LogP contribution in [-0.2, 0) is 26.3 Å². The maximum absolute atomic E-state index is 9.55. The van der Waals surface area contributed by atoms with Crippen LogP contribution in [0.5, 0.6) is 0 Å². The van der Waals surface area contributed by atoms with Crippen molar-refractivity contribution in [2.45, 2.75) is 90.1 Å². The van der Waals surface area contributed by atoms with Gasteiger partial charge in [0.2, 0.25) is 0 Å². The first-order valence-corrected chi connectivity index (χ1v) is 13.4. The van der Waals surface area contributed by atoms with Gasteiger partial charge >= 0.3 is 11.9 Å². The number of nitrogens with one attached hydrogen (secondary N) is 2. The molecule has 0 bridgehead atoms. The van der Waals surface area contributed by atoms with E-state index in [2.05, 4.69) is 56.7 Å². The molecule has 0 spiro atoms. The van der Waals surface area contributed by atoms with Gasteiger partial charge in [-0.05, 0) is 91.0 Å². The Hall–Kier alpha value is -2.22. The second kappa shape index (κ2) is 12.3. The van der Waals surface area contributed by atoms with Crippen molar-refractivity contribution in [2.75, 3.05) is 19.6 Å². The lowest BCUT2D eigenvalue weighted by atomic mass is 9.50. The van der Waals surface area contributed by atoms with Crippen LogP contribution in [0, 0.1) is 11.3 Å². The van der Waals surface area contributed by atoms with Gasteiger partial charge in [-0.1, -0.05) is 52.3 Å². The third-order valence-electron chi connectivity index (χ3n) is 8.55. The van der Waals surface area contributed by atoms with Crippen LogP contribution in [0.3, 0.4) is 0 Å². The number of carbonyl (C=O) groups is 2. The van der Waals surface area contributed by atoms with E-state index in [9.17, 15) is 9.59 Å². The number of piperidine rings is 1. The van der Waals surface area contributed by atoms with Crippen LogP contribution in [0.4, 0.5) is 0 Å².